The van der Waals surface area contributed by atoms with Crippen LogP contribution in [0.15, 0.2) is 66.0 Å². The smallest absolute Gasteiger partial charge is 0.149 e. The van der Waals surface area contributed by atoms with Crippen molar-refractivity contribution >= 4 is 5.78 Å². The number of rotatable bonds is 3. The molecule has 0 unspecified atom stereocenters. The van der Waals surface area contributed by atoms with E-state index in [2.05, 4.69) is 5.34 Å². The van der Waals surface area contributed by atoms with E-state index in [1.807, 2.05) is 60.7 Å². The van der Waals surface area contributed by atoms with E-state index in [1.54, 1.807) is 0 Å². The Morgan fingerprint density at radius 3 is 1.62 bits per heavy atom. The summed E-state index contributed by atoms with van der Waals surface area (Å²) in [4.78, 5) is 10.3. The Labute approximate surface area is 93.0 Å². The molecule has 0 aliphatic carbocycles. The minimum atomic E-state index is 0.469. The lowest BCUT2D eigenvalue weighted by atomic mass is 10.0. The molecule has 0 aliphatic rings. The molecule has 0 saturated heterocycles. The first kappa shape index (κ1) is 10.2. The third-order valence-electron chi connectivity index (χ3n) is 2.20. The van der Waals surface area contributed by atoms with Gasteiger partial charge in [0.1, 0.15) is 0 Å². The summed E-state index contributed by atoms with van der Waals surface area (Å²) in [5.41, 5.74) is 1.65. The first-order chi connectivity index (χ1) is 7.92. The summed E-state index contributed by atoms with van der Waals surface area (Å²) >= 11 is 0. The fourth-order valence-corrected chi connectivity index (χ4v) is 1.49. The van der Waals surface area contributed by atoms with Crippen LogP contribution in [0.5, 0.6) is 0 Å². The molecular formula is C13H10NO2+. The van der Waals surface area contributed by atoms with Crippen molar-refractivity contribution in [1.82, 2.24) is 0 Å². The van der Waals surface area contributed by atoms with Gasteiger partial charge in [-0.3, -0.25) is 0 Å². The van der Waals surface area contributed by atoms with Gasteiger partial charge in [0.15, 0.2) is 0 Å². The van der Waals surface area contributed by atoms with Crippen molar-refractivity contribution in [3.8, 4) is 0 Å². The van der Waals surface area contributed by atoms with E-state index >= 15 is 0 Å². The van der Waals surface area contributed by atoms with Gasteiger partial charge in [0.2, 0.25) is 4.91 Å². The van der Waals surface area contributed by atoms with E-state index in [9.17, 15) is 4.91 Å². The lowest BCUT2D eigenvalue weighted by molar-refractivity contribution is -0.275. The van der Waals surface area contributed by atoms with Crippen LogP contribution in [0.4, 0.5) is 0 Å². The van der Waals surface area contributed by atoms with Crippen LogP contribution in [0.3, 0.4) is 0 Å². The Morgan fingerprint density at radius 1 is 0.812 bits per heavy atom. The molecule has 0 N–H and O–H groups in total. The zero-order chi connectivity index (χ0) is 11.2. The van der Waals surface area contributed by atoms with Gasteiger partial charge in [-0.2, -0.15) is 0 Å². The molecule has 0 saturated carbocycles. The fourth-order valence-electron chi connectivity index (χ4n) is 1.49. The maximum atomic E-state index is 10.3. The molecule has 0 radical (unpaired) electrons. The van der Waals surface area contributed by atoms with Gasteiger partial charge >= 0.3 is 11.1 Å². The predicted molar refractivity (Wildman–Crippen MR) is 62.1 cm³/mol. The second kappa shape index (κ2) is 4.98. The van der Waals surface area contributed by atoms with Gasteiger partial charge in [-0.1, -0.05) is 36.4 Å². The number of carbonyl (C=O) groups excluding carboxylic acids is 1. The number of hydrogen-bond acceptors (Lipinski definition) is 2. The van der Waals surface area contributed by atoms with E-state index in [0.717, 1.165) is 11.1 Å². The molecule has 0 atom stereocenters. The SMILES string of the molecule is O=N[O+]=C(c1ccccc1)c1ccccc1. The molecule has 2 aromatic rings. The van der Waals surface area contributed by atoms with Crippen LogP contribution in [0.1, 0.15) is 15.7 Å². The van der Waals surface area contributed by atoms with E-state index in [1.165, 1.54) is 0 Å². The molecule has 0 heterocycles. The molecule has 3 nitrogen and oxygen atoms in total. The largest absolute Gasteiger partial charge is 0.457 e. The fraction of sp³-hybridized carbons (Fsp3) is 0. The molecule has 78 valence electrons. The van der Waals surface area contributed by atoms with E-state index in [-0.39, 0.29) is 0 Å². The minimum absolute atomic E-state index is 0.469. The molecule has 0 aliphatic heterocycles. The Kier molecular flexibility index (Phi) is 3.18. The van der Waals surface area contributed by atoms with Crippen molar-refractivity contribution in [2.75, 3.05) is 0 Å². The number of nitrogens with zero attached hydrogens (tertiary/aromatic N) is 1. The lowest BCUT2D eigenvalue weighted by Crippen LogP contribution is -2.02. The van der Waals surface area contributed by atoms with Crippen molar-refractivity contribution in [2.24, 2.45) is 5.34 Å². The van der Waals surface area contributed by atoms with Crippen molar-refractivity contribution in [1.29, 1.82) is 0 Å². The Bertz CT molecular complexity index is 450. The molecule has 0 amide bonds. The molecule has 2 aromatic carbocycles. The number of benzene rings is 2. The average molecular weight is 212 g/mol. The molecule has 0 fully saturated rings. The standard InChI is InChI=1S/C13H10NO2/c15-14-16-13(11-7-3-1-4-8-11)12-9-5-2-6-10-12/h1-10H/q+1. The molecule has 3 heteroatoms. The summed E-state index contributed by atoms with van der Waals surface area (Å²) < 4.78 is 4.80. The minimum Gasteiger partial charge on any atom is -0.149 e. The third-order valence-corrected chi connectivity index (χ3v) is 2.20. The van der Waals surface area contributed by atoms with E-state index in [4.69, 9.17) is 4.53 Å². The van der Waals surface area contributed by atoms with Crippen LogP contribution in [0.25, 0.3) is 0 Å². The summed E-state index contributed by atoms with van der Waals surface area (Å²) in [5.74, 6) is 0.469. The third kappa shape index (κ3) is 2.20. The molecule has 0 bridgehead atoms. The quantitative estimate of drug-likeness (QED) is 0.333. The zero-order valence-corrected chi connectivity index (χ0v) is 8.54. The van der Waals surface area contributed by atoms with Crippen molar-refractivity contribution in [2.45, 2.75) is 0 Å². The van der Waals surface area contributed by atoms with Gasteiger partial charge in [-0.25, -0.2) is 0 Å². The van der Waals surface area contributed by atoms with Crippen LogP contribution in [0, 0.1) is 4.91 Å². The maximum Gasteiger partial charge on any atom is 0.457 e. The summed E-state index contributed by atoms with van der Waals surface area (Å²) in [6.07, 6.45) is 0. The van der Waals surface area contributed by atoms with Crippen molar-refractivity contribution in [3.05, 3.63) is 76.7 Å². The Morgan fingerprint density at radius 2 is 1.25 bits per heavy atom. The van der Waals surface area contributed by atoms with Crippen LogP contribution in [-0.2, 0) is 0 Å². The highest BCUT2D eigenvalue weighted by atomic mass is 16.7. The van der Waals surface area contributed by atoms with Crippen LogP contribution >= 0.6 is 0 Å². The lowest BCUT2D eigenvalue weighted by Gasteiger charge is -1.97. The number of ketones is 1. The van der Waals surface area contributed by atoms with Gasteiger partial charge in [0, 0.05) is 0 Å². The first-order valence-electron chi connectivity index (χ1n) is 4.89. The average Bonchev–Trinajstić information content (AvgIpc) is 2.38. The number of hydrogen-bond donors (Lipinski definition) is 0. The van der Waals surface area contributed by atoms with Crippen LogP contribution < -0.4 is 0 Å². The summed E-state index contributed by atoms with van der Waals surface area (Å²) in [5, 5.41) is 2.50. The molecule has 16 heavy (non-hydrogen) atoms. The van der Waals surface area contributed by atoms with E-state index < -0.39 is 0 Å². The normalized spacial score (nSPS) is 9.50. The molecule has 0 spiro atoms. The van der Waals surface area contributed by atoms with Crippen molar-refractivity contribution in [3.63, 3.8) is 0 Å². The van der Waals surface area contributed by atoms with Gasteiger partial charge < -0.3 is 0 Å². The van der Waals surface area contributed by atoms with Gasteiger partial charge in [0.05, 0.1) is 11.1 Å². The highest BCUT2D eigenvalue weighted by molar-refractivity contribution is 6.09. The Balaban J connectivity index is 2.48. The van der Waals surface area contributed by atoms with Gasteiger partial charge in [0.25, 0.3) is 0 Å². The highest BCUT2D eigenvalue weighted by Crippen LogP contribution is 2.10. The molecule has 0 aromatic heterocycles. The summed E-state index contributed by atoms with van der Waals surface area (Å²) in [7, 11) is 0. The van der Waals surface area contributed by atoms with Gasteiger partial charge in [-0.15, -0.1) is 4.53 Å². The predicted octanol–water partition coefficient (Wildman–Crippen LogP) is 3.13. The second-order valence-corrected chi connectivity index (χ2v) is 3.23. The first-order valence-corrected chi connectivity index (χ1v) is 4.89. The second-order valence-electron chi connectivity index (χ2n) is 3.23. The zero-order valence-electron chi connectivity index (χ0n) is 8.54. The summed E-state index contributed by atoms with van der Waals surface area (Å²) in [6.45, 7) is 0. The highest BCUT2D eigenvalue weighted by Gasteiger charge is 2.14. The topological polar surface area (TPSA) is 40.7 Å². The molecule has 2 rings (SSSR count). The Hall–Kier alpha value is -2.29. The maximum absolute atomic E-state index is 10.3. The van der Waals surface area contributed by atoms with E-state index in [0.29, 0.717) is 5.78 Å². The molecular weight excluding hydrogens is 202 g/mol. The van der Waals surface area contributed by atoms with Crippen LogP contribution in [0.2, 0.25) is 0 Å². The monoisotopic (exact) mass is 212 g/mol. The summed E-state index contributed by atoms with van der Waals surface area (Å²) in [6, 6.07) is 18.8. The van der Waals surface area contributed by atoms with Gasteiger partial charge in [-0.05, 0) is 24.3 Å². The van der Waals surface area contributed by atoms with Crippen LogP contribution in [-0.4, -0.2) is 5.78 Å². The van der Waals surface area contributed by atoms with Crippen molar-refractivity contribution < 1.29 is 4.53 Å².